The van der Waals surface area contributed by atoms with Gasteiger partial charge >= 0.3 is 5.97 Å². The summed E-state index contributed by atoms with van der Waals surface area (Å²) in [6.07, 6.45) is -7.37. The summed E-state index contributed by atoms with van der Waals surface area (Å²) >= 11 is 0. The van der Waals surface area contributed by atoms with Gasteiger partial charge in [0.2, 0.25) is 6.29 Å². The van der Waals surface area contributed by atoms with E-state index in [1.54, 1.807) is 0 Å². The molecular weight excluding hydrogens is 728 g/mol. The summed E-state index contributed by atoms with van der Waals surface area (Å²) < 4.78 is 23.8. The number of hydrogen-bond donors (Lipinski definition) is 9. The summed E-state index contributed by atoms with van der Waals surface area (Å²) in [5.74, 6) is 0.0721. The zero-order valence-corrected chi connectivity index (χ0v) is 33.7. The van der Waals surface area contributed by atoms with Crippen molar-refractivity contribution in [2.75, 3.05) is 19.8 Å². The molecule has 0 bridgehead atoms. The molecule has 320 valence electrons. The zero-order chi connectivity index (χ0) is 40.9. The average Bonchev–Trinajstić information content (AvgIpc) is 3.58. The fraction of sp³-hybridized carbons (Fsp3) is 0.929. The third kappa shape index (κ3) is 6.05. The summed E-state index contributed by atoms with van der Waals surface area (Å²) in [6.45, 7) is 14.4. The molecule has 14 nitrogen and oxygen atoms in total. The standard InChI is InChI=1S/C42H68O14/c1-20(2)21-9-14-42(37(52)56-36-34(51)32(49)30(47)24(18-44)54-36)16-15-40(5)22(28(21)42)7-8-26-38(3)12-11-27(39(4,19-45)25(38)10-13-41(26,40)6)55-35-33(50)31(48)29(46)23(17-43)53-35/h21-36,43-51H,1,7-19H2,2-6H3/t21-,22+,23+,24+,25+,26+,27-,28-,29+,30+,31-,32-,33+,34+,35-,36-,38-,39-,40+,41+,42-/m0/s1. The number of carbonyl (C=O) groups excluding carboxylic acids is 1. The molecular formula is C42H68O14. The second-order valence-corrected chi connectivity index (χ2v) is 20.0. The van der Waals surface area contributed by atoms with Crippen LogP contribution in [0.15, 0.2) is 12.2 Å². The molecule has 0 aromatic carbocycles. The van der Waals surface area contributed by atoms with Gasteiger partial charge in [0.15, 0.2) is 6.29 Å². The second-order valence-electron chi connectivity index (χ2n) is 20.0. The van der Waals surface area contributed by atoms with Gasteiger partial charge in [0.1, 0.15) is 48.8 Å². The monoisotopic (exact) mass is 796 g/mol. The molecule has 0 aromatic rings. The molecule has 7 aliphatic rings. The van der Waals surface area contributed by atoms with Crippen molar-refractivity contribution < 1.29 is 69.7 Å². The van der Waals surface area contributed by atoms with Gasteiger partial charge in [-0.3, -0.25) is 4.79 Å². The zero-order valence-electron chi connectivity index (χ0n) is 33.7. The molecule has 2 heterocycles. The van der Waals surface area contributed by atoms with Gasteiger partial charge in [-0.05, 0) is 117 Å². The van der Waals surface area contributed by atoms with Crippen LogP contribution in [0.1, 0.15) is 98.8 Å². The van der Waals surface area contributed by atoms with Crippen molar-refractivity contribution in [3.05, 3.63) is 12.2 Å². The third-order valence-electron chi connectivity index (χ3n) is 17.8. The Morgan fingerprint density at radius 1 is 0.679 bits per heavy atom. The fourth-order valence-corrected chi connectivity index (χ4v) is 14.5. The average molecular weight is 797 g/mol. The van der Waals surface area contributed by atoms with Crippen LogP contribution in [0.4, 0.5) is 0 Å². The van der Waals surface area contributed by atoms with E-state index in [2.05, 4.69) is 27.4 Å². The number of allylic oxidation sites excluding steroid dienone is 1. The Balaban J connectivity index is 1.15. The maximum Gasteiger partial charge on any atom is 0.314 e. The minimum Gasteiger partial charge on any atom is -0.432 e. The van der Waals surface area contributed by atoms with E-state index in [1.807, 2.05) is 13.8 Å². The lowest BCUT2D eigenvalue weighted by molar-refractivity contribution is -0.335. The van der Waals surface area contributed by atoms with E-state index in [0.717, 1.165) is 50.5 Å². The number of aliphatic hydroxyl groups excluding tert-OH is 9. The van der Waals surface area contributed by atoms with Gasteiger partial charge in [0, 0.05) is 5.41 Å². The van der Waals surface area contributed by atoms with Gasteiger partial charge in [-0.15, -0.1) is 0 Å². The lowest BCUT2D eigenvalue weighted by Crippen LogP contribution is -2.68. The molecule has 5 aliphatic carbocycles. The molecule has 0 aromatic heterocycles. The smallest absolute Gasteiger partial charge is 0.314 e. The van der Waals surface area contributed by atoms with Crippen LogP contribution in [0.5, 0.6) is 0 Å². The molecule has 9 N–H and O–H groups in total. The molecule has 5 saturated carbocycles. The van der Waals surface area contributed by atoms with Crippen molar-refractivity contribution in [1.29, 1.82) is 0 Å². The van der Waals surface area contributed by atoms with Gasteiger partial charge in [0.25, 0.3) is 0 Å². The molecule has 14 heteroatoms. The highest BCUT2D eigenvalue weighted by Gasteiger charge is 2.73. The molecule has 2 aliphatic heterocycles. The highest BCUT2D eigenvalue weighted by Crippen LogP contribution is 2.77. The Morgan fingerprint density at radius 2 is 1.29 bits per heavy atom. The minimum absolute atomic E-state index is 0.0627. The SMILES string of the molecule is C=C(C)[C@@H]1CC[C@]2(C(=O)O[C@@H]3O[C@H](CO)[C@@H](O)[C@H](O)[C@H]3O)CC[C@]3(C)[C@H](CC[C@@H]4[C@@]5(C)CC[C@H](O[C@@H]6O[C@H](CO)[C@@H](O)[C@H](O)[C@H]6O)[C@@](C)(CO)[C@@H]5CC[C@]43C)[C@H]12. The lowest BCUT2D eigenvalue weighted by Gasteiger charge is -2.73. The highest BCUT2D eigenvalue weighted by atomic mass is 16.7. The molecule has 0 unspecified atom stereocenters. The lowest BCUT2D eigenvalue weighted by atomic mass is 9.32. The molecule has 0 amide bonds. The van der Waals surface area contributed by atoms with E-state index in [9.17, 15) is 50.8 Å². The van der Waals surface area contributed by atoms with Crippen molar-refractivity contribution in [1.82, 2.24) is 0 Å². The van der Waals surface area contributed by atoms with Crippen LogP contribution in [-0.2, 0) is 23.7 Å². The Labute approximate surface area is 330 Å². The Bertz CT molecular complexity index is 1480. The van der Waals surface area contributed by atoms with Crippen LogP contribution in [0, 0.1) is 56.7 Å². The summed E-state index contributed by atoms with van der Waals surface area (Å²) in [7, 11) is 0. The Hall–Kier alpha value is -1.27. The van der Waals surface area contributed by atoms with Crippen LogP contribution >= 0.6 is 0 Å². The summed E-state index contributed by atoms with van der Waals surface area (Å²) in [4.78, 5) is 14.6. The van der Waals surface area contributed by atoms with Gasteiger partial charge < -0.3 is 64.9 Å². The number of ether oxygens (including phenoxy) is 4. The van der Waals surface area contributed by atoms with E-state index < -0.39 is 97.5 Å². The van der Waals surface area contributed by atoms with Crippen LogP contribution < -0.4 is 0 Å². The third-order valence-corrected chi connectivity index (χ3v) is 17.8. The summed E-state index contributed by atoms with van der Waals surface area (Å²) in [6, 6.07) is 0. The normalized spacial score (nSPS) is 55.6. The van der Waals surface area contributed by atoms with Crippen LogP contribution in [-0.4, -0.2) is 139 Å². The first-order valence-electron chi connectivity index (χ1n) is 21.0. The van der Waals surface area contributed by atoms with Crippen LogP contribution in [0.3, 0.4) is 0 Å². The van der Waals surface area contributed by atoms with E-state index >= 15 is 0 Å². The van der Waals surface area contributed by atoms with Crippen molar-refractivity contribution >= 4 is 5.97 Å². The maximum absolute atomic E-state index is 14.6. The first kappa shape index (κ1) is 42.8. The summed E-state index contributed by atoms with van der Waals surface area (Å²) in [5.41, 5.74) is -0.977. The molecule has 7 fully saturated rings. The molecule has 21 atom stereocenters. The van der Waals surface area contributed by atoms with Gasteiger partial charge in [0.05, 0.1) is 31.3 Å². The topological polar surface area (TPSA) is 236 Å². The van der Waals surface area contributed by atoms with Crippen molar-refractivity contribution in [3.8, 4) is 0 Å². The number of fused-ring (bicyclic) bond motifs is 7. The Morgan fingerprint density at radius 3 is 1.88 bits per heavy atom. The molecule has 0 radical (unpaired) electrons. The van der Waals surface area contributed by atoms with Crippen LogP contribution in [0.25, 0.3) is 0 Å². The minimum atomic E-state index is -1.67. The number of hydrogen-bond acceptors (Lipinski definition) is 14. The quantitative estimate of drug-likeness (QED) is 0.0953. The Kier molecular flexibility index (Phi) is 11.5. The van der Waals surface area contributed by atoms with Crippen molar-refractivity contribution in [2.24, 2.45) is 56.7 Å². The predicted molar refractivity (Wildman–Crippen MR) is 199 cm³/mol. The largest absolute Gasteiger partial charge is 0.432 e. The fourth-order valence-electron chi connectivity index (χ4n) is 14.5. The van der Waals surface area contributed by atoms with Crippen molar-refractivity contribution in [2.45, 2.75) is 166 Å². The van der Waals surface area contributed by atoms with Crippen molar-refractivity contribution in [3.63, 3.8) is 0 Å². The molecule has 7 rings (SSSR count). The first-order valence-corrected chi connectivity index (χ1v) is 21.0. The van der Waals surface area contributed by atoms with Crippen LogP contribution in [0.2, 0.25) is 0 Å². The molecule has 2 saturated heterocycles. The highest BCUT2D eigenvalue weighted by molar-refractivity contribution is 5.78. The van der Waals surface area contributed by atoms with Gasteiger partial charge in [-0.25, -0.2) is 0 Å². The maximum atomic E-state index is 14.6. The van der Waals surface area contributed by atoms with E-state index in [0.29, 0.717) is 25.2 Å². The van der Waals surface area contributed by atoms with Gasteiger partial charge in [-0.2, -0.15) is 0 Å². The predicted octanol–water partition coefficient (Wildman–Crippen LogP) is 1.14. The first-order chi connectivity index (χ1) is 26.3. The number of rotatable bonds is 8. The molecule has 0 spiro atoms. The number of aliphatic hydroxyl groups is 9. The molecule has 56 heavy (non-hydrogen) atoms. The number of carbonyl (C=O) groups is 1. The van der Waals surface area contributed by atoms with E-state index in [-0.39, 0.29) is 46.5 Å². The summed E-state index contributed by atoms with van der Waals surface area (Å²) in [5, 5.41) is 93.9. The second kappa shape index (κ2) is 15.0. The van der Waals surface area contributed by atoms with E-state index in [1.165, 1.54) is 0 Å². The van der Waals surface area contributed by atoms with Gasteiger partial charge in [-0.1, -0.05) is 39.8 Å². The number of esters is 1. The van der Waals surface area contributed by atoms with E-state index in [4.69, 9.17) is 18.9 Å².